The van der Waals surface area contributed by atoms with Crippen LogP contribution in [-0.2, 0) is 16.1 Å². The zero-order chi connectivity index (χ0) is 23.0. The number of carbonyl (C=O) groups excluding carboxylic acids is 1. The van der Waals surface area contributed by atoms with Crippen molar-refractivity contribution in [1.82, 2.24) is 15.1 Å². The third-order valence-corrected chi connectivity index (χ3v) is 4.83. The normalized spacial score (nSPS) is 15.5. The van der Waals surface area contributed by atoms with Gasteiger partial charge in [-0.25, -0.2) is 0 Å². The van der Waals surface area contributed by atoms with Crippen LogP contribution in [0.25, 0.3) is 0 Å². The number of piperazine rings is 1. The first kappa shape index (κ1) is 24.6. The van der Waals surface area contributed by atoms with E-state index in [1.54, 1.807) is 28.4 Å². The lowest BCUT2D eigenvalue weighted by atomic mass is 10.1. The Morgan fingerprint density at radius 2 is 1.61 bits per heavy atom. The number of hydrogen-bond acceptors (Lipinski definition) is 7. The van der Waals surface area contributed by atoms with E-state index in [1.807, 2.05) is 32.9 Å². The fraction of sp³-hybridized carbons (Fsp3) is 0.636. The first-order chi connectivity index (χ1) is 14.7. The summed E-state index contributed by atoms with van der Waals surface area (Å²) in [6.45, 7) is 9.77. The molecule has 0 atom stereocenters. The molecular formula is C22H36N4O5. The van der Waals surface area contributed by atoms with Gasteiger partial charge in [0.2, 0.25) is 5.75 Å². The predicted octanol–water partition coefficient (Wildman–Crippen LogP) is 1.75. The summed E-state index contributed by atoms with van der Waals surface area (Å²) in [6.07, 6.45) is 0. The zero-order valence-electron chi connectivity index (χ0n) is 19.8. The van der Waals surface area contributed by atoms with Crippen LogP contribution in [0.4, 0.5) is 0 Å². The summed E-state index contributed by atoms with van der Waals surface area (Å²) in [6, 6.07) is 3.96. The monoisotopic (exact) mass is 436 g/mol. The number of carbonyl (C=O) groups is 1. The van der Waals surface area contributed by atoms with Gasteiger partial charge >= 0.3 is 5.97 Å². The van der Waals surface area contributed by atoms with E-state index in [0.29, 0.717) is 23.2 Å². The molecular weight excluding hydrogens is 400 g/mol. The van der Waals surface area contributed by atoms with Crippen molar-refractivity contribution in [3.63, 3.8) is 0 Å². The third-order valence-electron chi connectivity index (χ3n) is 4.83. The van der Waals surface area contributed by atoms with Crippen LogP contribution >= 0.6 is 0 Å². The van der Waals surface area contributed by atoms with Crippen molar-refractivity contribution < 1.29 is 23.7 Å². The van der Waals surface area contributed by atoms with Gasteiger partial charge in [-0.3, -0.25) is 14.7 Å². The lowest BCUT2D eigenvalue weighted by molar-refractivity contribution is -0.153. The molecule has 2 rings (SSSR count). The predicted molar refractivity (Wildman–Crippen MR) is 120 cm³/mol. The van der Waals surface area contributed by atoms with Gasteiger partial charge in [0.15, 0.2) is 17.5 Å². The van der Waals surface area contributed by atoms with Crippen molar-refractivity contribution in [2.75, 3.05) is 61.1 Å². The van der Waals surface area contributed by atoms with Gasteiger partial charge in [-0.15, -0.1) is 0 Å². The van der Waals surface area contributed by atoms with Crippen molar-refractivity contribution in [2.45, 2.75) is 32.9 Å². The zero-order valence-corrected chi connectivity index (χ0v) is 19.8. The van der Waals surface area contributed by atoms with Crippen LogP contribution in [0, 0.1) is 0 Å². The van der Waals surface area contributed by atoms with Gasteiger partial charge in [0, 0.05) is 39.8 Å². The summed E-state index contributed by atoms with van der Waals surface area (Å²) in [5, 5.41) is 3.10. The molecule has 9 heteroatoms. The van der Waals surface area contributed by atoms with Crippen molar-refractivity contribution >= 4 is 11.9 Å². The molecule has 0 bridgehead atoms. The maximum Gasteiger partial charge on any atom is 0.325 e. The maximum absolute atomic E-state index is 12.0. The first-order valence-corrected chi connectivity index (χ1v) is 10.4. The van der Waals surface area contributed by atoms with Crippen LogP contribution in [0.2, 0.25) is 0 Å². The number of guanidine groups is 1. The standard InChI is InChI=1S/C22H36N4O5/c1-22(2,3)31-19(27)14-24-21(23-4)26-10-8-25(9-11-26)15-16-12-17(28-5)20(30-7)18(13-16)29-6/h12-13H,8-11,14-15H2,1-7H3,(H,23,24). The summed E-state index contributed by atoms with van der Waals surface area (Å²) in [7, 11) is 6.56. The van der Waals surface area contributed by atoms with E-state index >= 15 is 0 Å². The molecule has 174 valence electrons. The third kappa shape index (κ3) is 7.20. The Balaban J connectivity index is 1.91. The maximum atomic E-state index is 12.0. The lowest BCUT2D eigenvalue weighted by Gasteiger charge is -2.36. The first-order valence-electron chi connectivity index (χ1n) is 10.4. The highest BCUT2D eigenvalue weighted by Gasteiger charge is 2.22. The minimum atomic E-state index is -0.499. The van der Waals surface area contributed by atoms with E-state index in [9.17, 15) is 4.79 Å². The summed E-state index contributed by atoms with van der Waals surface area (Å²) < 4.78 is 21.7. The number of methoxy groups -OCH3 is 3. The molecule has 0 spiro atoms. The molecule has 1 aliphatic rings. The average molecular weight is 437 g/mol. The molecule has 9 nitrogen and oxygen atoms in total. The van der Waals surface area contributed by atoms with Crippen molar-refractivity contribution in [3.8, 4) is 17.2 Å². The van der Waals surface area contributed by atoms with Gasteiger partial charge in [-0.1, -0.05) is 0 Å². The Morgan fingerprint density at radius 3 is 2.06 bits per heavy atom. The second-order valence-electron chi connectivity index (χ2n) is 8.28. The highest BCUT2D eigenvalue weighted by molar-refractivity contribution is 5.84. The quantitative estimate of drug-likeness (QED) is 0.393. The van der Waals surface area contributed by atoms with Crippen LogP contribution in [0.3, 0.4) is 0 Å². The minimum Gasteiger partial charge on any atom is -0.493 e. The number of nitrogens with one attached hydrogen (secondary N) is 1. The highest BCUT2D eigenvalue weighted by Crippen LogP contribution is 2.38. The number of hydrogen-bond donors (Lipinski definition) is 1. The summed E-state index contributed by atoms with van der Waals surface area (Å²) in [4.78, 5) is 20.8. The van der Waals surface area contributed by atoms with Gasteiger partial charge in [-0.05, 0) is 38.5 Å². The second kappa shape index (κ2) is 11.1. The summed E-state index contributed by atoms with van der Waals surface area (Å²) in [5.74, 6) is 2.32. The molecule has 0 unspecified atom stereocenters. The molecule has 1 aliphatic heterocycles. The van der Waals surface area contributed by atoms with E-state index in [-0.39, 0.29) is 12.5 Å². The van der Waals surface area contributed by atoms with Crippen LogP contribution in [0.1, 0.15) is 26.3 Å². The number of rotatable bonds is 7. The number of ether oxygens (including phenoxy) is 4. The van der Waals surface area contributed by atoms with E-state index in [2.05, 4.69) is 20.1 Å². The number of aliphatic imine (C=N–C) groups is 1. The molecule has 0 radical (unpaired) electrons. The molecule has 1 fully saturated rings. The van der Waals surface area contributed by atoms with Crippen LogP contribution in [0.15, 0.2) is 17.1 Å². The van der Waals surface area contributed by atoms with Crippen molar-refractivity contribution in [1.29, 1.82) is 0 Å². The van der Waals surface area contributed by atoms with Gasteiger partial charge in [-0.2, -0.15) is 0 Å². The molecule has 31 heavy (non-hydrogen) atoms. The fourth-order valence-corrected chi connectivity index (χ4v) is 3.46. The molecule has 1 aromatic carbocycles. The molecule has 0 saturated carbocycles. The Labute approximate surface area is 185 Å². The number of benzene rings is 1. The average Bonchev–Trinajstić information content (AvgIpc) is 2.73. The van der Waals surface area contributed by atoms with E-state index < -0.39 is 5.60 Å². The summed E-state index contributed by atoms with van der Waals surface area (Å²) >= 11 is 0. The smallest absolute Gasteiger partial charge is 0.325 e. The van der Waals surface area contributed by atoms with E-state index in [4.69, 9.17) is 18.9 Å². The molecule has 0 aliphatic carbocycles. The molecule has 1 saturated heterocycles. The molecule has 1 heterocycles. The van der Waals surface area contributed by atoms with E-state index in [1.165, 1.54) is 0 Å². The second-order valence-corrected chi connectivity index (χ2v) is 8.28. The Kier molecular flexibility index (Phi) is 8.79. The van der Waals surface area contributed by atoms with Crippen LogP contribution < -0.4 is 19.5 Å². The van der Waals surface area contributed by atoms with Crippen LogP contribution in [0.5, 0.6) is 17.2 Å². The topological polar surface area (TPSA) is 84.9 Å². The van der Waals surface area contributed by atoms with Crippen molar-refractivity contribution in [2.24, 2.45) is 4.99 Å². The number of nitrogens with zero attached hydrogens (tertiary/aromatic N) is 3. The van der Waals surface area contributed by atoms with Crippen molar-refractivity contribution in [3.05, 3.63) is 17.7 Å². The van der Waals surface area contributed by atoms with E-state index in [0.717, 1.165) is 38.3 Å². The highest BCUT2D eigenvalue weighted by atomic mass is 16.6. The Morgan fingerprint density at radius 1 is 1.03 bits per heavy atom. The fourth-order valence-electron chi connectivity index (χ4n) is 3.46. The SMILES string of the molecule is CN=C(NCC(=O)OC(C)(C)C)N1CCN(Cc2cc(OC)c(OC)c(OC)c2)CC1. The van der Waals surface area contributed by atoms with Gasteiger partial charge in [0.05, 0.1) is 21.3 Å². The lowest BCUT2D eigenvalue weighted by Crippen LogP contribution is -2.53. The van der Waals surface area contributed by atoms with Crippen LogP contribution in [-0.4, -0.2) is 88.4 Å². The Hall–Kier alpha value is -2.68. The largest absolute Gasteiger partial charge is 0.493 e. The Bertz CT molecular complexity index is 743. The number of esters is 1. The molecule has 1 N–H and O–H groups in total. The van der Waals surface area contributed by atoms with Gasteiger partial charge < -0.3 is 29.2 Å². The minimum absolute atomic E-state index is 0.0929. The van der Waals surface area contributed by atoms with Gasteiger partial charge in [0.1, 0.15) is 12.1 Å². The van der Waals surface area contributed by atoms with Gasteiger partial charge in [0.25, 0.3) is 0 Å². The summed E-state index contributed by atoms with van der Waals surface area (Å²) in [5.41, 5.74) is 0.594. The molecule has 1 aromatic rings. The molecule has 0 aromatic heterocycles. The molecule has 0 amide bonds.